The van der Waals surface area contributed by atoms with Crippen LogP contribution in [0.4, 0.5) is 0 Å². The first-order chi connectivity index (χ1) is 9.44. The zero-order valence-electron chi connectivity index (χ0n) is 11.8. The van der Waals surface area contributed by atoms with E-state index in [-0.39, 0.29) is 34.9 Å². The van der Waals surface area contributed by atoms with Gasteiger partial charge in [-0.3, -0.25) is 0 Å². The molecule has 0 radical (unpaired) electrons. The van der Waals surface area contributed by atoms with Crippen molar-refractivity contribution in [3.8, 4) is 0 Å². The van der Waals surface area contributed by atoms with Crippen molar-refractivity contribution in [1.82, 2.24) is 10.0 Å². The fourth-order valence-corrected chi connectivity index (χ4v) is 3.42. The van der Waals surface area contributed by atoms with Crippen LogP contribution >= 0.6 is 12.4 Å². The highest BCUT2D eigenvalue weighted by molar-refractivity contribution is 7.89. The van der Waals surface area contributed by atoms with E-state index in [1.165, 1.54) is 20.1 Å². The lowest BCUT2D eigenvalue weighted by atomic mass is 10.1. The number of esters is 1. The Labute approximate surface area is 129 Å². The van der Waals surface area contributed by atoms with Crippen LogP contribution in [-0.4, -0.2) is 40.6 Å². The zero-order valence-corrected chi connectivity index (χ0v) is 13.5. The molecule has 1 aromatic heterocycles. The largest absolute Gasteiger partial charge is 0.465 e. The number of hydrogen-bond acceptors (Lipinski definition) is 6. The summed E-state index contributed by atoms with van der Waals surface area (Å²) in [6, 6.07) is 1.08. The van der Waals surface area contributed by atoms with E-state index < -0.39 is 16.0 Å². The molecule has 1 aliphatic rings. The van der Waals surface area contributed by atoms with E-state index in [2.05, 4.69) is 14.8 Å². The van der Waals surface area contributed by atoms with Crippen molar-refractivity contribution in [2.75, 3.05) is 20.2 Å². The fourth-order valence-electron chi connectivity index (χ4n) is 2.12. The van der Waals surface area contributed by atoms with Gasteiger partial charge < -0.3 is 14.5 Å². The summed E-state index contributed by atoms with van der Waals surface area (Å²) in [6.45, 7) is 3.07. The van der Waals surface area contributed by atoms with E-state index >= 15 is 0 Å². The lowest BCUT2D eigenvalue weighted by Crippen LogP contribution is -2.42. The van der Waals surface area contributed by atoms with Crippen LogP contribution < -0.4 is 10.0 Å². The monoisotopic (exact) mass is 338 g/mol. The Morgan fingerprint density at radius 2 is 2.05 bits per heavy atom. The normalized spacial score (nSPS) is 16.3. The highest BCUT2D eigenvalue weighted by Crippen LogP contribution is 2.20. The number of carbonyl (C=O) groups excluding carboxylic acids is 1. The molecule has 0 atom stereocenters. The molecular weight excluding hydrogens is 320 g/mol. The van der Waals surface area contributed by atoms with Gasteiger partial charge in [-0.25, -0.2) is 17.9 Å². The number of aryl methyl sites for hydroxylation is 1. The van der Waals surface area contributed by atoms with Gasteiger partial charge in [0.2, 0.25) is 5.09 Å². The molecule has 1 saturated heterocycles. The summed E-state index contributed by atoms with van der Waals surface area (Å²) < 4.78 is 36.7. The van der Waals surface area contributed by atoms with Gasteiger partial charge in [-0.1, -0.05) is 0 Å². The third-order valence-electron chi connectivity index (χ3n) is 3.23. The van der Waals surface area contributed by atoms with Gasteiger partial charge >= 0.3 is 5.97 Å². The van der Waals surface area contributed by atoms with Gasteiger partial charge in [0.1, 0.15) is 11.3 Å². The summed E-state index contributed by atoms with van der Waals surface area (Å²) in [5.74, 6) is -0.392. The maximum Gasteiger partial charge on any atom is 0.341 e. The molecule has 0 unspecified atom stereocenters. The highest BCUT2D eigenvalue weighted by atomic mass is 35.5. The van der Waals surface area contributed by atoms with Crippen LogP contribution in [0.15, 0.2) is 15.6 Å². The Kier molecular flexibility index (Phi) is 6.21. The second-order valence-electron chi connectivity index (χ2n) is 4.67. The van der Waals surface area contributed by atoms with E-state index in [1.54, 1.807) is 0 Å². The number of methoxy groups -OCH3 is 1. The van der Waals surface area contributed by atoms with Crippen LogP contribution in [0, 0.1) is 6.92 Å². The summed E-state index contributed by atoms with van der Waals surface area (Å²) in [7, 11) is -2.52. The molecule has 1 fully saturated rings. The van der Waals surface area contributed by atoms with Crippen LogP contribution in [-0.2, 0) is 14.8 Å². The lowest BCUT2D eigenvalue weighted by molar-refractivity contribution is 0.0599. The predicted octanol–water partition coefficient (Wildman–Crippen LogP) is 0.827. The maximum atomic E-state index is 12.2. The number of hydrogen-bond donors (Lipinski definition) is 2. The van der Waals surface area contributed by atoms with Gasteiger partial charge in [0.25, 0.3) is 10.0 Å². The molecule has 0 bridgehead atoms. The van der Waals surface area contributed by atoms with Crippen molar-refractivity contribution in [2.45, 2.75) is 30.9 Å². The first kappa shape index (κ1) is 18.0. The first-order valence-corrected chi connectivity index (χ1v) is 7.84. The summed E-state index contributed by atoms with van der Waals surface area (Å²) in [5.41, 5.74) is 0.123. The van der Waals surface area contributed by atoms with Gasteiger partial charge in [0, 0.05) is 12.1 Å². The Morgan fingerprint density at radius 3 is 2.62 bits per heavy atom. The summed E-state index contributed by atoms with van der Waals surface area (Å²) in [6.07, 6.45) is 1.45. The molecule has 0 amide bonds. The molecule has 0 saturated carbocycles. The molecule has 0 spiro atoms. The zero-order chi connectivity index (χ0) is 14.8. The summed E-state index contributed by atoms with van der Waals surface area (Å²) in [5, 5.41) is 2.90. The SMILES string of the molecule is COC(=O)c1cc(S(=O)(=O)NC2CCNCC2)oc1C.Cl. The molecule has 9 heteroatoms. The molecule has 2 rings (SSSR count). The molecule has 120 valence electrons. The van der Waals surface area contributed by atoms with Gasteiger partial charge in [0.15, 0.2) is 0 Å². The number of ether oxygens (including phenoxy) is 1. The number of carbonyl (C=O) groups is 1. The predicted molar refractivity (Wildman–Crippen MR) is 78.2 cm³/mol. The molecule has 2 N–H and O–H groups in total. The Balaban J connectivity index is 0.00000220. The topological polar surface area (TPSA) is 97.6 Å². The van der Waals surface area contributed by atoms with E-state index in [9.17, 15) is 13.2 Å². The Bertz CT molecular complexity index is 593. The van der Waals surface area contributed by atoms with E-state index in [0.717, 1.165) is 25.9 Å². The molecule has 1 aromatic rings. The van der Waals surface area contributed by atoms with E-state index in [0.29, 0.717) is 0 Å². The quantitative estimate of drug-likeness (QED) is 0.789. The van der Waals surface area contributed by atoms with Crippen molar-refractivity contribution >= 4 is 28.4 Å². The average molecular weight is 339 g/mol. The van der Waals surface area contributed by atoms with E-state index in [4.69, 9.17) is 4.42 Å². The van der Waals surface area contributed by atoms with Gasteiger partial charge in [0.05, 0.1) is 7.11 Å². The van der Waals surface area contributed by atoms with Crippen molar-refractivity contribution < 1.29 is 22.4 Å². The first-order valence-electron chi connectivity index (χ1n) is 6.36. The van der Waals surface area contributed by atoms with Crippen molar-refractivity contribution in [2.24, 2.45) is 0 Å². The number of halogens is 1. The third kappa shape index (κ3) is 4.19. The lowest BCUT2D eigenvalue weighted by Gasteiger charge is -2.22. The van der Waals surface area contributed by atoms with E-state index in [1.807, 2.05) is 0 Å². The smallest absolute Gasteiger partial charge is 0.341 e. The minimum Gasteiger partial charge on any atom is -0.465 e. The maximum absolute atomic E-state index is 12.2. The second kappa shape index (κ2) is 7.26. The van der Waals surface area contributed by atoms with Gasteiger partial charge in [-0.15, -0.1) is 12.4 Å². The minimum atomic E-state index is -3.76. The molecular formula is C12H19ClN2O5S. The van der Waals surface area contributed by atoms with Crippen molar-refractivity contribution in [3.63, 3.8) is 0 Å². The number of rotatable bonds is 4. The molecule has 0 aromatic carbocycles. The molecule has 21 heavy (non-hydrogen) atoms. The van der Waals surface area contributed by atoms with Gasteiger partial charge in [-0.05, 0) is 32.9 Å². The Hall–Kier alpha value is -1.09. The average Bonchev–Trinajstić information content (AvgIpc) is 2.81. The van der Waals surface area contributed by atoms with Crippen LogP contribution in [0.1, 0.15) is 29.0 Å². The van der Waals surface area contributed by atoms with Crippen LogP contribution in [0.25, 0.3) is 0 Å². The number of piperidine rings is 1. The highest BCUT2D eigenvalue weighted by Gasteiger charge is 2.27. The van der Waals surface area contributed by atoms with Crippen molar-refractivity contribution in [1.29, 1.82) is 0 Å². The van der Waals surface area contributed by atoms with Crippen LogP contribution in [0.3, 0.4) is 0 Å². The standard InChI is InChI=1S/C12H18N2O5S.ClH/c1-8-10(12(15)18-2)7-11(19-8)20(16,17)14-9-3-5-13-6-4-9;/h7,9,13-14H,3-6H2,1-2H3;1H. The van der Waals surface area contributed by atoms with Crippen LogP contribution in [0.2, 0.25) is 0 Å². The minimum absolute atomic E-state index is 0. The number of furan rings is 1. The number of nitrogens with one attached hydrogen (secondary N) is 2. The van der Waals surface area contributed by atoms with Crippen LogP contribution in [0.5, 0.6) is 0 Å². The van der Waals surface area contributed by atoms with Gasteiger partial charge in [-0.2, -0.15) is 0 Å². The molecule has 2 heterocycles. The second-order valence-corrected chi connectivity index (χ2v) is 6.32. The summed E-state index contributed by atoms with van der Waals surface area (Å²) >= 11 is 0. The summed E-state index contributed by atoms with van der Waals surface area (Å²) in [4.78, 5) is 11.5. The fraction of sp³-hybridized carbons (Fsp3) is 0.583. The molecule has 1 aliphatic heterocycles. The Morgan fingerprint density at radius 1 is 1.43 bits per heavy atom. The third-order valence-corrected chi connectivity index (χ3v) is 4.60. The number of sulfonamides is 1. The van der Waals surface area contributed by atoms with Crippen molar-refractivity contribution in [3.05, 3.63) is 17.4 Å². The molecule has 7 nitrogen and oxygen atoms in total. The molecule has 0 aliphatic carbocycles.